The normalized spacial score (nSPS) is 15.5. The van der Waals surface area contributed by atoms with Gasteiger partial charge in [-0.2, -0.15) is 0 Å². The van der Waals surface area contributed by atoms with Crippen LogP contribution in [0.3, 0.4) is 0 Å². The van der Waals surface area contributed by atoms with Crippen LogP contribution in [0.15, 0.2) is 91.0 Å². The zero-order valence-corrected chi connectivity index (χ0v) is 32.5. The summed E-state index contributed by atoms with van der Waals surface area (Å²) in [5.74, 6) is -0.574. The number of fused-ring (bicyclic) bond motifs is 1. The molecule has 0 aromatic heterocycles. The second kappa shape index (κ2) is 19.0. The van der Waals surface area contributed by atoms with Crippen LogP contribution in [0.5, 0.6) is 11.5 Å². The number of hydrogen-bond acceptors (Lipinski definition) is 6. The van der Waals surface area contributed by atoms with Crippen molar-refractivity contribution in [3.8, 4) is 11.5 Å². The standard InChI is InChI=1S/C43H49ClFN3O7/c1-43(2,3)28-48-35-21-20-31(44)25-33(35)39(55-37(41(48)50)26-38(49)46-27-30-16-8-9-18-34(30)45)32-17-10-19-36(40(32)53-4)54-24-12-23-47(42(51)52)22-11-15-29-13-6-5-7-14-29/h5-10,13-14,16-21,25,37,39H,11-12,15,22-24,26-28H2,1-4H3,(H,46,49)(H,51,52). The molecular formula is C43H49ClFN3O7. The van der Waals surface area contributed by atoms with Crippen LogP contribution in [0.1, 0.15) is 68.4 Å². The molecule has 4 aromatic rings. The first-order valence-corrected chi connectivity index (χ1v) is 18.8. The number of methoxy groups -OCH3 is 1. The number of hydrogen-bond donors (Lipinski definition) is 2. The van der Waals surface area contributed by atoms with Crippen LogP contribution in [0.2, 0.25) is 5.02 Å². The maximum Gasteiger partial charge on any atom is 0.407 e. The smallest absolute Gasteiger partial charge is 0.407 e. The minimum Gasteiger partial charge on any atom is -0.492 e. The number of carboxylic acid groups (broad SMARTS) is 1. The highest BCUT2D eigenvalue weighted by Crippen LogP contribution is 2.45. The van der Waals surface area contributed by atoms with Crippen LogP contribution >= 0.6 is 11.6 Å². The predicted molar refractivity (Wildman–Crippen MR) is 210 cm³/mol. The molecule has 0 spiro atoms. The van der Waals surface area contributed by atoms with Gasteiger partial charge in [0, 0.05) is 53.6 Å². The molecule has 4 aromatic carbocycles. The van der Waals surface area contributed by atoms with Crippen LogP contribution in [0, 0.1) is 11.2 Å². The molecule has 2 atom stereocenters. The number of aryl methyl sites for hydroxylation is 1. The van der Waals surface area contributed by atoms with Gasteiger partial charge >= 0.3 is 6.09 Å². The lowest BCUT2D eigenvalue weighted by atomic mass is 9.94. The van der Waals surface area contributed by atoms with Gasteiger partial charge in [-0.1, -0.05) is 93.0 Å². The van der Waals surface area contributed by atoms with Gasteiger partial charge in [-0.25, -0.2) is 9.18 Å². The summed E-state index contributed by atoms with van der Waals surface area (Å²) in [7, 11) is 1.50. The van der Waals surface area contributed by atoms with Gasteiger partial charge < -0.3 is 34.4 Å². The number of benzene rings is 4. The third-order valence-electron chi connectivity index (χ3n) is 9.17. The molecule has 292 valence electrons. The molecule has 1 aliphatic rings. The summed E-state index contributed by atoms with van der Waals surface area (Å²) >= 11 is 6.58. The number of carbonyl (C=O) groups excluding carboxylic acids is 2. The number of para-hydroxylation sites is 1. The number of halogens is 2. The summed E-state index contributed by atoms with van der Waals surface area (Å²) in [6.45, 7) is 7.21. The highest BCUT2D eigenvalue weighted by atomic mass is 35.5. The molecule has 0 saturated carbocycles. The van der Waals surface area contributed by atoms with E-state index in [2.05, 4.69) is 5.32 Å². The first kappa shape index (κ1) is 41.0. The fourth-order valence-electron chi connectivity index (χ4n) is 6.59. The predicted octanol–water partition coefficient (Wildman–Crippen LogP) is 8.44. The van der Waals surface area contributed by atoms with E-state index >= 15 is 0 Å². The van der Waals surface area contributed by atoms with Gasteiger partial charge in [0.15, 0.2) is 11.5 Å². The Morgan fingerprint density at radius 1 is 0.964 bits per heavy atom. The lowest BCUT2D eigenvalue weighted by Gasteiger charge is -2.31. The first-order valence-electron chi connectivity index (χ1n) is 18.4. The molecule has 0 saturated heterocycles. The van der Waals surface area contributed by atoms with E-state index in [0.29, 0.717) is 64.8 Å². The zero-order valence-electron chi connectivity index (χ0n) is 31.7. The minimum absolute atomic E-state index is 0.0531. The number of nitrogens with zero attached hydrogens (tertiary/aromatic N) is 2. The van der Waals surface area contributed by atoms with Crippen molar-refractivity contribution in [2.45, 2.75) is 65.2 Å². The quantitative estimate of drug-likeness (QED) is 0.110. The van der Waals surface area contributed by atoms with E-state index in [-0.39, 0.29) is 31.5 Å². The van der Waals surface area contributed by atoms with Crippen molar-refractivity contribution in [2.75, 3.05) is 38.3 Å². The van der Waals surface area contributed by atoms with E-state index < -0.39 is 35.9 Å². The van der Waals surface area contributed by atoms with E-state index in [1.165, 1.54) is 18.1 Å². The maximum absolute atomic E-state index is 14.4. The van der Waals surface area contributed by atoms with E-state index in [4.69, 9.17) is 25.8 Å². The third kappa shape index (κ3) is 11.2. The summed E-state index contributed by atoms with van der Waals surface area (Å²) in [6, 6.07) is 26.7. The highest BCUT2D eigenvalue weighted by Gasteiger charge is 2.40. The van der Waals surface area contributed by atoms with Crippen LogP contribution in [-0.2, 0) is 27.3 Å². The monoisotopic (exact) mass is 773 g/mol. The molecule has 0 fully saturated rings. The van der Waals surface area contributed by atoms with E-state index in [1.807, 2.05) is 51.1 Å². The third-order valence-corrected chi connectivity index (χ3v) is 9.41. The van der Waals surface area contributed by atoms with Crippen molar-refractivity contribution < 1.29 is 38.1 Å². The molecule has 10 nitrogen and oxygen atoms in total. The van der Waals surface area contributed by atoms with Gasteiger partial charge in [0.25, 0.3) is 5.91 Å². The molecule has 5 rings (SSSR count). The van der Waals surface area contributed by atoms with Crippen LogP contribution < -0.4 is 19.7 Å². The van der Waals surface area contributed by atoms with E-state index in [9.17, 15) is 23.9 Å². The Labute approximate surface area is 327 Å². The van der Waals surface area contributed by atoms with Crippen molar-refractivity contribution in [1.29, 1.82) is 0 Å². The second-order valence-electron chi connectivity index (χ2n) is 14.7. The molecule has 0 radical (unpaired) electrons. The Hall–Kier alpha value is -5.13. The van der Waals surface area contributed by atoms with Gasteiger partial charge in [0.2, 0.25) is 5.91 Å². The molecule has 55 heavy (non-hydrogen) atoms. The summed E-state index contributed by atoms with van der Waals surface area (Å²) < 4.78 is 33.1. The van der Waals surface area contributed by atoms with Crippen LogP contribution in [0.4, 0.5) is 14.9 Å². The van der Waals surface area contributed by atoms with Crippen molar-refractivity contribution in [3.05, 3.63) is 124 Å². The van der Waals surface area contributed by atoms with E-state index in [0.717, 1.165) is 12.0 Å². The Bertz CT molecular complexity index is 1940. The summed E-state index contributed by atoms with van der Waals surface area (Å²) in [4.78, 5) is 42.8. The van der Waals surface area contributed by atoms with Gasteiger partial charge in [0.1, 0.15) is 18.0 Å². The molecule has 1 heterocycles. The molecule has 2 unspecified atom stereocenters. The maximum atomic E-state index is 14.4. The van der Waals surface area contributed by atoms with Crippen LogP contribution in [-0.4, -0.2) is 67.4 Å². The highest BCUT2D eigenvalue weighted by molar-refractivity contribution is 6.30. The molecule has 12 heteroatoms. The van der Waals surface area contributed by atoms with Crippen molar-refractivity contribution in [2.24, 2.45) is 5.41 Å². The topological polar surface area (TPSA) is 118 Å². The second-order valence-corrected chi connectivity index (χ2v) is 15.1. The fraction of sp³-hybridized carbons (Fsp3) is 0.372. The fourth-order valence-corrected chi connectivity index (χ4v) is 6.77. The molecule has 2 N–H and O–H groups in total. The van der Waals surface area contributed by atoms with E-state index in [1.54, 1.807) is 59.5 Å². The number of amides is 3. The Morgan fingerprint density at radius 2 is 1.69 bits per heavy atom. The largest absolute Gasteiger partial charge is 0.492 e. The Balaban J connectivity index is 1.37. The van der Waals surface area contributed by atoms with Crippen molar-refractivity contribution >= 4 is 35.2 Å². The average Bonchev–Trinajstić information content (AvgIpc) is 3.25. The minimum atomic E-state index is -1.22. The molecular weight excluding hydrogens is 725 g/mol. The average molecular weight is 774 g/mol. The zero-order chi connectivity index (χ0) is 39.5. The summed E-state index contributed by atoms with van der Waals surface area (Å²) in [5, 5.41) is 13.0. The molecule has 3 amide bonds. The number of nitrogens with one attached hydrogen (secondary N) is 1. The van der Waals surface area contributed by atoms with Crippen molar-refractivity contribution in [1.82, 2.24) is 10.2 Å². The first-order chi connectivity index (χ1) is 26.3. The van der Waals surface area contributed by atoms with Crippen LogP contribution in [0.25, 0.3) is 0 Å². The van der Waals surface area contributed by atoms with Gasteiger partial charge in [-0.15, -0.1) is 0 Å². The lowest BCUT2D eigenvalue weighted by molar-refractivity contribution is -0.138. The van der Waals surface area contributed by atoms with Gasteiger partial charge in [0.05, 0.1) is 20.1 Å². The Kier molecular flexibility index (Phi) is 14.1. The summed E-state index contributed by atoms with van der Waals surface area (Å²) in [5.41, 5.74) is 2.87. The van der Waals surface area contributed by atoms with Gasteiger partial charge in [-0.3, -0.25) is 9.59 Å². The molecule has 0 aliphatic carbocycles. The molecule has 0 bridgehead atoms. The Morgan fingerprint density at radius 3 is 2.40 bits per heavy atom. The van der Waals surface area contributed by atoms with Gasteiger partial charge in [-0.05, 0) is 60.6 Å². The molecule has 1 aliphatic heterocycles. The number of ether oxygens (including phenoxy) is 3. The number of carbonyl (C=O) groups is 3. The summed E-state index contributed by atoms with van der Waals surface area (Å²) in [6.07, 6.45) is -1.54. The number of anilines is 1. The SMILES string of the molecule is COc1c(OCCCN(CCCc2ccccc2)C(=O)O)cccc1C1OC(CC(=O)NCc2ccccc2F)C(=O)N(CC(C)(C)C)c2ccc(Cl)cc21. The number of rotatable bonds is 16. The lowest BCUT2D eigenvalue weighted by Crippen LogP contribution is -2.45. The van der Waals surface area contributed by atoms with Crippen molar-refractivity contribution in [3.63, 3.8) is 0 Å².